The first-order chi connectivity index (χ1) is 17.5. The minimum atomic E-state index is -0.316. The van der Waals surface area contributed by atoms with Gasteiger partial charge in [0.2, 0.25) is 0 Å². The van der Waals surface area contributed by atoms with Crippen molar-refractivity contribution in [1.29, 1.82) is 0 Å². The lowest BCUT2D eigenvalue weighted by Gasteiger charge is -2.32. The Morgan fingerprint density at radius 2 is 1.08 bits per heavy atom. The van der Waals surface area contributed by atoms with Crippen LogP contribution >= 0.6 is 0 Å². The largest absolute Gasteiger partial charge is 0.450 e. The number of rotatable bonds is 0. The van der Waals surface area contributed by atoms with E-state index in [1.54, 1.807) is 0 Å². The Morgan fingerprint density at radius 3 is 1.69 bits per heavy atom. The molecule has 0 atom stereocenters. The van der Waals surface area contributed by atoms with E-state index in [9.17, 15) is 0 Å². The normalized spacial score (nSPS) is 14.7. The zero-order valence-corrected chi connectivity index (χ0v) is 21.1. The predicted octanol–water partition coefficient (Wildman–Crippen LogP) is 9.63. The summed E-state index contributed by atoms with van der Waals surface area (Å²) in [4.78, 5) is 0. The third kappa shape index (κ3) is 3.29. The van der Waals surface area contributed by atoms with Crippen LogP contribution in [0.1, 0.15) is 55.5 Å². The molecule has 36 heavy (non-hydrogen) atoms. The molecule has 0 bridgehead atoms. The maximum Gasteiger partial charge on any atom is 0.177 e. The lowest BCUT2D eigenvalue weighted by Crippen LogP contribution is -2.22. The second kappa shape index (κ2) is 8.20. The third-order valence-corrected chi connectivity index (χ3v) is 6.91. The Morgan fingerprint density at radius 1 is 0.556 bits per heavy atom. The van der Waals surface area contributed by atoms with Gasteiger partial charge in [-0.2, -0.15) is 0 Å². The summed E-state index contributed by atoms with van der Waals surface area (Å²) < 4.78 is 25.1. The van der Waals surface area contributed by atoms with Crippen LogP contribution in [0, 0.1) is 6.92 Å². The maximum absolute atomic E-state index is 6.42. The molecular weight excluding hydrogens is 448 g/mol. The summed E-state index contributed by atoms with van der Waals surface area (Å²) in [5.41, 5.74) is 5.19. The van der Waals surface area contributed by atoms with E-state index in [0.717, 1.165) is 62.7 Å². The summed E-state index contributed by atoms with van der Waals surface area (Å²) in [6.07, 6.45) is 4.26. The Balaban J connectivity index is 0.00000117. The molecule has 4 aromatic rings. The molecule has 1 aliphatic carbocycles. The molecule has 7 rings (SSSR count). The van der Waals surface area contributed by atoms with E-state index in [1.165, 1.54) is 11.1 Å². The van der Waals surface area contributed by atoms with E-state index in [4.69, 9.17) is 18.9 Å². The Bertz CT molecular complexity index is 1540. The number of hydrogen-bond acceptors (Lipinski definition) is 4. The topological polar surface area (TPSA) is 36.9 Å². The first kappa shape index (κ1) is 22.3. The molecule has 0 saturated carbocycles. The van der Waals surface area contributed by atoms with Gasteiger partial charge in [-0.3, -0.25) is 0 Å². The van der Waals surface area contributed by atoms with Crippen molar-refractivity contribution in [3.8, 4) is 46.0 Å². The Hall–Kier alpha value is -4.18. The van der Waals surface area contributed by atoms with Gasteiger partial charge >= 0.3 is 0 Å². The second-order valence-corrected chi connectivity index (χ2v) is 9.46. The highest BCUT2D eigenvalue weighted by Crippen LogP contribution is 2.55. The van der Waals surface area contributed by atoms with Crippen molar-refractivity contribution in [2.75, 3.05) is 0 Å². The van der Waals surface area contributed by atoms with E-state index in [1.807, 2.05) is 62.4 Å². The fourth-order valence-corrected chi connectivity index (χ4v) is 5.12. The molecule has 4 nitrogen and oxygen atoms in total. The van der Waals surface area contributed by atoms with Crippen molar-refractivity contribution in [1.82, 2.24) is 0 Å². The van der Waals surface area contributed by atoms with Crippen LogP contribution in [-0.2, 0) is 5.41 Å². The van der Waals surface area contributed by atoms with Gasteiger partial charge in [-0.25, -0.2) is 0 Å². The number of fused-ring (bicyclic) bond motifs is 7. The van der Waals surface area contributed by atoms with Crippen LogP contribution in [0.2, 0.25) is 0 Å². The van der Waals surface area contributed by atoms with Gasteiger partial charge in [0, 0.05) is 11.0 Å². The molecule has 0 spiro atoms. The number of para-hydroxylation sites is 4. The fraction of sp³-hybridized carbons (Fsp3) is 0.188. The number of aryl methyl sites for hydroxylation is 1. The van der Waals surface area contributed by atoms with Gasteiger partial charge in [-0.1, -0.05) is 70.2 Å². The highest BCUT2D eigenvalue weighted by Gasteiger charge is 2.36. The molecule has 180 valence electrons. The summed E-state index contributed by atoms with van der Waals surface area (Å²) in [6, 6.07) is 21.9. The van der Waals surface area contributed by atoms with Crippen molar-refractivity contribution in [2.24, 2.45) is 0 Å². The minimum Gasteiger partial charge on any atom is -0.450 e. The van der Waals surface area contributed by atoms with E-state index < -0.39 is 0 Å². The first-order valence-electron chi connectivity index (χ1n) is 12.4. The quantitative estimate of drug-likeness (QED) is 0.219. The molecule has 0 amide bonds. The highest BCUT2D eigenvalue weighted by atomic mass is 16.6. The van der Waals surface area contributed by atoms with Crippen LogP contribution in [0.15, 0.2) is 66.7 Å². The van der Waals surface area contributed by atoms with Crippen LogP contribution in [-0.4, -0.2) is 0 Å². The lowest BCUT2D eigenvalue weighted by molar-refractivity contribution is 0.355. The number of ether oxygens (including phenoxy) is 4. The van der Waals surface area contributed by atoms with Crippen molar-refractivity contribution >= 4 is 12.2 Å². The third-order valence-electron chi connectivity index (χ3n) is 6.91. The van der Waals surface area contributed by atoms with Crippen molar-refractivity contribution in [2.45, 2.75) is 40.0 Å². The SMILES string of the molecule is CC.Cc1cc2c(c3c1Oc1ccccc1O3)C=Cc1cc3c(cc1C2(C)C)Oc1ccccc1O3. The molecule has 0 aromatic heterocycles. The molecule has 0 saturated heterocycles. The summed E-state index contributed by atoms with van der Waals surface area (Å²) in [5.74, 6) is 5.89. The van der Waals surface area contributed by atoms with Gasteiger partial charge in [-0.15, -0.1) is 0 Å². The molecule has 4 heteroatoms. The van der Waals surface area contributed by atoms with Crippen molar-refractivity contribution in [3.63, 3.8) is 0 Å². The molecule has 3 aliphatic rings. The Kier molecular flexibility index (Phi) is 5.08. The van der Waals surface area contributed by atoms with Gasteiger partial charge < -0.3 is 18.9 Å². The van der Waals surface area contributed by atoms with Crippen LogP contribution in [0.5, 0.6) is 46.0 Å². The summed E-state index contributed by atoms with van der Waals surface area (Å²) in [7, 11) is 0. The molecule has 0 fully saturated rings. The van der Waals surface area contributed by atoms with E-state index in [-0.39, 0.29) is 5.41 Å². The average molecular weight is 477 g/mol. The number of hydrogen-bond donors (Lipinski definition) is 0. The van der Waals surface area contributed by atoms with Gasteiger partial charge in [0.25, 0.3) is 0 Å². The smallest absolute Gasteiger partial charge is 0.177 e. The zero-order valence-electron chi connectivity index (χ0n) is 21.1. The molecule has 0 radical (unpaired) electrons. The molecule has 0 unspecified atom stereocenters. The second-order valence-electron chi connectivity index (χ2n) is 9.46. The summed E-state index contributed by atoms with van der Waals surface area (Å²) in [6.45, 7) is 10.6. The van der Waals surface area contributed by atoms with Gasteiger partial charge in [0.1, 0.15) is 0 Å². The zero-order chi connectivity index (χ0) is 25.0. The van der Waals surface area contributed by atoms with E-state index >= 15 is 0 Å². The molecule has 4 aromatic carbocycles. The van der Waals surface area contributed by atoms with Crippen molar-refractivity contribution in [3.05, 3.63) is 94.5 Å². The van der Waals surface area contributed by atoms with Crippen LogP contribution < -0.4 is 18.9 Å². The predicted molar refractivity (Wildman–Crippen MR) is 143 cm³/mol. The molecule has 2 aliphatic heterocycles. The van der Waals surface area contributed by atoms with Gasteiger partial charge in [0.15, 0.2) is 46.0 Å². The van der Waals surface area contributed by atoms with E-state index in [0.29, 0.717) is 0 Å². The molecule has 2 heterocycles. The van der Waals surface area contributed by atoms with Crippen molar-refractivity contribution < 1.29 is 18.9 Å². The molecular formula is C32H28O4. The van der Waals surface area contributed by atoms with Gasteiger partial charge in [-0.05, 0) is 65.6 Å². The van der Waals surface area contributed by atoms with Crippen LogP contribution in [0.3, 0.4) is 0 Å². The summed E-state index contributed by atoms with van der Waals surface area (Å²) in [5, 5.41) is 0. The first-order valence-corrected chi connectivity index (χ1v) is 12.4. The van der Waals surface area contributed by atoms with Crippen LogP contribution in [0.4, 0.5) is 0 Å². The lowest BCUT2D eigenvalue weighted by atomic mass is 9.74. The minimum absolute atomic E-state index is 0.316. The summed E-state index contributed by atoms with van der Waals surface area (Å²) >= 11 is 0. The maximum atomic E-state index is 6.42. The van der Waals surface area contributed by atoms with Gasteiger partial charge in [0.05, 0.1) is 0 Å². The highest BCUT2D eigenvalue weighted by molar-refractivity contribution is 5.84. The molecule has 0 N–H and O–H groups in total. The standard InChI is InChI=1S/C30H22O4.C2H6/c1-17-14-21-19(29-28(17)33-24-10-6-7-11-25(24)34-29)13-12-18-15-26-27(16-20(18)30(21,2)3)32-23-9-5-4-8-22(23)31-26;1-2/h4-16H,1-3H3;1-2H3. The monoisotopic (exact) mass is 476 g/mol. The number of benzene rings is 4. The average Bonchev–Trinajstić information content (AvgIpc) is 3.00. The van der Waals surface area contributed by atoms with Crippen LogP contribution in [0.25, 0.3) is 12.2 Å². The van der Waals surface area contributed by atoms with E-state index in [2.05, 4.69) is 51.1 Å². The Labute approximate surface area is 211 Å². The fourth-order valence-electron chi connectivity index (χ4n) is 5.12.